The van der Waals surface area contributed by atoms with E-state index in [0.29, 0.717) is 0 Å². The van der Waals surface area contributed by atoms with Gasteiger partial charge in [0, 0.05) is 4.47 Å². The van der Waals surface area contributed by atoms with E-state index >= 15 is 0 Å². The molecule has 0 bridgehead atoms. The summed E-state index contributed by atoms with van der Waals surface area (Å²) in [6.45, 7) is 4.30. The van der Waals surface area contributed by atoms with Crippen LogP contribution in [0.5, 0.6) is 0 Å². The van der Waals surface area contributed by atoms with Crippen LogP contribution in [-0.4, -0.2) is 0 Å². The highest BCUT2D eigenvalue weighted by molar-refractivity contribution is 9.10. The third-order valence-electron chi connectivity index (χ3n) is 3.52. The molecule has 1 nitrogen and oxygen atoms in total. The van der Waals surface area contributed by atoms with Crippen LogP contribution in [0, 0.1) is 6.92 Å². The van der Waals surface area contributed by atoms with Crippen LogP contribution < -0.4 is 5.73 Å². The van der Waals surface area contributed by atoms with Crippen molar-refractivity contribution in [2.45, 2.75) is 32.7 Å². The zero-order valence-electron chi connectivity index (χ0n) is 11.5. The van der Waals surface area contributed by atoms with Gasteiger partial charge in [-0.1, -0.05) is 65.7 Å². The van der Waals surface area contributed by atoms with Crippen LogP contribution in [0.15, 0.2) is 46.9 Å². The van der Waals surface area contributed by atoms with Gasteiger partial charge < -0.3 is 5.73 Å². The van der Waals surface area contributed by atoms with Crippen molar-refractivity contribution in [1.82, 2.24) is 0 Å². The first-order valence-electron chi connectivity index (χ1n) is 6.73. The Kier molecular flexibility index (Phi) is 4.78. The first-order valence-corrected chi connectivity index (χ1v) is 7.52. The highest BCUT2D eigenvalue weighted by Gasteiger charge is 2.12. The lowest BCUT2D eigenvalue weighted by atomic mass is 9.95. The van der Waals surface area contributed by atoms with Gasteiger partial charge in [-0.3, -0.25) is 0 Å². The number of aryl methyl sites for hydroxylation is 1. The monoisotopic (exact) mass is 317 g/mol. The lowest BCUT2D eigenvalue weighted by Gasteiger charge is -2.16. The molecule has 100 valence electrons. The normalized spacial score (nSPS) is 12.4. The highest BCUT2D eigenvalue weighted by Crippen LogP contribution is 2.27. The maximum absolute atomic E-state index is 6.39. The Morgan fingerprint density at radius 1 is 1.11 bits per heavy atom. The van der Waals surface area contributed by atoms with E-state index in [-0.39, 0.29) is 6.04 Å². The minimum atomic E-state index is -0.0619. The minimum Gasteiger partial charge on any atom is -0.320 e. The zero-order chi connectivity index (χ0) is 13.8. The molecule has 2 aromatic carbocycles. The SMILES string of the molecule is CCCc1ccc(C(N)c2cccc(Br)c2C)cc1. The summed E-state index contributed by atoms with van der Waals surface area (Å²) in [7, 11) is 0. The third-order valence-corrected chi connectivity index (χ3v) is 4.38. The molecule has 0 aliphatic rings. The van der Waals surface area contributed by atoms with Crippen molar-refractivity contribution in [1.29, 1.82) is 0 Å². The van der Waals surface area contributed by atoms with Crippen LogP contribution >= 0.6 is 15.9 Å². The van der Waals surface area contributed by atoms with E-state index in [4.69, 9.17) is 5.73 Å². The Labute approximate surface area is 124 Å². The Hall–Kier alpha value is -1.12. The Balaban J connectivity index is 2.28. The molecule has 0 heterocycles. The third kappa shape index (κ3) is 3.26. The largest absolute Gasteiger partial charge is 0.320 e. The smallest absolute Gasteiger partial charge is 0.0554 e. The quantitative estimate of drug-likeness (QED) is 0.864. The molecule has 0 aromatic heterocycles. The number of hydrogen-bond donors (Lipinski definition) is 1. The fourth-order valence-corrected chi connectivity index (χ4v) is 2.70. The van der Waals surface area contributed by atoms with Crippen LogP contribution in [0.1, 0.15) is 41.6 Å². The van der Waals surface area contributed by atoms with Gasteiger partial charge in [-0.2, -0.15) is 0 Å². The molecule has 2 heteroatoms. The minimum absolute atomic E-state index is 0.0619. The standard InChI is InChI=1S/C17H20BrN/c1-3-5-13-8-10-14(11-9-13)17(19)15-6-4-7-16(18)12(15)2/h4,6-11,17H,3,5,19H2,1-2H3. The van der Waals surface area contributed by atoms with E-state index in [2.05, 4.69) is 66.2 Å². The molecule has 19 heavy (non-hydrogen) atoms. The topological polar surface area (TPSA) is 26.0 Å². The fourth-order valence-electron chi connectivity index (χ4n) is 2.32. The number of benzene rings is 2. The number of halogens is 1. The Morgan fingerprint density at radius 2 is 1.79 bits per heavy atom. The van der Waals surface area contributed by atoms with Gasteiger partial charge in [0.2, 0.25) is 0 Å². The van der Waals surface area contributed by atoms with Gasteiger partial charge in [0.1, 0.15) is 0 Å². The van der Waals surface area contributed by atoms with Crippen molar-refractivity contribution < 1.29 is 0 Å². The molecule has 1 unspecified atom stereocenters. The molecule has 0 saturated carbocycles. The molecule has 0 spiro atoms. The highest BCUT2D eigenvalue weighted by atomic mass is 79.9. The van der Waals surface area contributed by atoms with E-state index in [0.717, 1.165) is 10.9 Å². The summed E-state index contributed by atoms with van der Waals surface area (Å²) >= 11 is 3.56. The van der Waals surface area contributed by atoms with Gasteiger partial charge in [-0.05, 0) is 41.7 Å². The molecule has 0 aliphatic heterocycles. The van der Waals surface area contributed by atoms with Crippen molar-refractivity contribution >= 4 is 15.9 Å². The van der Waals surface area contributed by atoms with Crippen LogP contribution in [-0.2, 0) is 6.42 Å². The second-order valence-corrected chi connectivity index (χ2v) is 5.78. The van der Waals surface area contributed by atoms with Gasteiger partial charge in [0.15, 0.2) is 0 Å². The second kappa shape index (κ2) is 6.36. The van der Waals surface area contributed by atoms with Gasteiger partial charge >= 0.3 is 0 Å². The fraction of sp³-hybridized carbons (Fsp3) is 0.294. The van der Waals surface area contributed by atoms with Crippen molar-refractivity contribution in [3.05, 3.63) is 69.2 Å². The van der Waals surface area contributed by atoms with Crippen LogP contribution in [0.25, 0.3) is 0 Å². The molecule has 0 radical (unpaired) electrons. The number of hydrogen-bond acceptors (Lipinski definition) is 1. The summed E-state index contributed by atoms with van der Waals surface area (Å²) in [5, 5.41) is 0. The average molecular weight is 318 g/mol. The Bertz CT molecular complexity index is 546. The average Bonchev–Trinajstić information content (AvgIpc) is 2.42. The van der Waals surface area contributed by atoms with Crippen molar-refractivity contribution in [2.75, 3.05) is 0 Å². The molecular weight excluding hydrogens is 298 g/mol. The van der Waals surface area contributed by atoms with Crippen LogP contribution in [0.3, 0.4) is 0 Å². The summed E-state index contributed by atoms with van der Waals surface area (Å²) in [4.78, 5) is 0. The maximum atomic E-state index is 6.39. The van der Waals surface area contributed by atoms with E-state index in [1.807, 2.05) is 6.07 Å². The summed E-state index contributed by atoms with van der Waals surface area (Å²) in [6.07, 6.45) is 2.31. The van der Waals surface area contributed by atoms with E-state index in [1.165, 1.54) is 28.7 Å². The van der Waals surface area contributed by atoms with Gasteiger partial charge in [0.05, 0.1) is 6.04 Å². The maximum Gasteiger partial charge on any atom is 0.0554 e. The zero-order valence-corrected chi connectivity index (χ0v) is 13.1. The summed E-state index contributed by atoms with van der Waals surface area (Å²) in [5.74, 6) is 0. The molecular formula is C17H20BrN. The van der Waals surface area contributed by atoms with Crippen molar-refractivity contribution in [2.24, 2.45) is 5.73 Å². The van der Waals surface area contributed by atoms with Crippen molar-refractivity contribution in [3.63, 3.8) is 0 Å². The van der Waals surface area contributed by atoms with Crippen molar-refractivity contribution in [3.8, 4) is 0 Å². The van der Waals surface area contributed by atoms with Gasteiger partial charge in [-0.25, -0.2) is 0 Å². The molecule has 2 N–H and O–H groups in total. The molecule has 0 saturated heterocycles. The molecule has 0 amide bonds. The molecule has 0 aliphatic carbocycles. The Morgan fingerprint density at radius 3 is 2.42 bits per heavy atom. The predicted octanol–water partition coefficient (Wildman–Crippen LogP) is 4.76. The molecule has 2 rings (SSSR count). The summed E-state index contributed by atoms with van der Waals surface area (Å²) in [5.41, 5.74) is 11.3. The number of rotatable bonds is 4. The van der Waals surface area contributed by atoms with E-state index in [1.54, 1.807) is 0 Å². The van der Waals surface area contributed by atoms with Gasteiger partial charge in [0.25, 0.3) is 0 Å². The van der Waals surface area contributed by atoms with Crippen LogP contribution in [0.2, 0.25) is 0 Å². The first kappa shape index (κ1) is 14.3. The number of nitrogens with two attached hydrogens (primary N) is 1. The first-order chi connectivity index (χ1) is 9.13. The van der Waals surface area contributed by atoms with Gasteiger partial charge in [-0.15, -0.1) is 0 Å². The molecule has 2 aromatic rings. The molecule has 1 atom stereocenters. The van der Waals surface area contributed by atoms with E-state index in [9.17, 15) is 0 Å². The lowest BCUT2D eigenvalue weighted by Crippen LogP contribution is -2.13. The predicted molar refractivity (Wildman–Crippen MR) is 85.3 cm³/mol. The lowest BCUT2D eigenvalue weighted by molar-refractivity contribution is 0.855. The van der Waals surface area contributed by atoms with E-state index < -0.39 is 0 Å². The second-order valence-electron chi connectivity index (χ2n) is 4.92. The van der Waals surface area contributed by atoms with Crippen LogP contribution in [0.4, 0.5) is 0 Å². The summed E-state index contributed by atoms with van der Waals surface area (Å²) in [6, 6.07) is 14.8. The molecule has 0 fully saturated rings. The summed E-state index contributed by atoms with van der Waals surface area (Å²) < 4.78 is 1.11.